The first-order valence-electron chi connectivity index (χ1n) is 8.28. The van der Waals surface area contributed by atoms with E-state index in [1.165, 1.54) is 7.11 Å². The molecule has 1 amide bonds. The van der Waals surface area contributed by atoms with Crippen LogP contribution >= 0.6 is 0 Å². The Bertz CT molecular complexity index is 824. The van der Waals surface area contributed by atoms with Gasteiger partial charge in [0.15, 0.2) is 0 Å². The van der Waals surface area contributed by atoms with E-state index >= 15 is 0 Å². The Morgan fingerprint density at radius 1 is 1.44 bits per heavy atom. The number of fused-ring (bicyclic) bond motifs is 3. The number of aromatic amines is 1. The molecule has 0 saturated carbocycles. The maximum absolute atomic E-state index is 12.6. The lowest BCUT2D eigenvalue weighted by molar-refractivity contribution is -0.142. The van der Waals surface area contributed by atoms with Crippen LogP contribution in [0.1, 0.15) is 28.5 Å². The van der Waals surface area contributed by atoms with Crippen LogP contribution in [0.15, 0.2) is 30.9 Å². The second-order valence-electron chi connectivity index (χ2n) is 6.11. The summed E-state index contributed by atoms with van der Waals surface area (Å²) in [5, 5.41) is 0.954. The molecule has 132 valence electrons. The third kappa shape index (κ3) is 3.30. The lowest BCUT2D eigenvalue weighted by Gasteiger charge is -2.29. The van der Waals surface area contributed by atoms with Crippen molar-refractivity contribution in [3.05, 3.63) is 47.7 Å². The van der Waals surface area contributed by atoms with Gasteiger partial charge < -0.3 is 19.4 Å². The zero-order chi connectivity index (χ0) is 18.0. The Morgan fingerprint density at radius 3 is 2.96 bits per heavy atom. The molecule has 25 heavy (non-hydrogen) atoms. The molecule has 0 unspecified atom stereocenters. The van der Waals surface area contributed by atoms with Gasteiger partial charge in [-0.25, -0.2) is 4.79 Å². The van der Waals surface area contributed by atoms with Crippen molar-refractivity contribution >= 4 is 22.8 Å². The number of benzene rings is 1. The van der Waals surface area contributed by atoms with E-state index in [-0.39, 0.29) is 11.9 Å². The van der Waals surface area contributed by atoms with Crippen LogP contribution in [-0.4, -0.2) is 48.1 Å². The number of nitrogens with one attached hydrogen (secondary N) is 1. The summed E-state index contributed by atoms with van der Waals surface area (Å²) in [5.41, 5.74) is 3.63. The number of ether oxygens (including phenoxy) is 2. The summed E-state index contributed by atoms with van der Waals surface area (Å²) in [5.74, 6) is -0.405. The van der Waals surface area contributed by atoms with Gasteiger partial charge in [-0.2, -0.15) is 0 Å². The lowest BCUT2D eigenvalue weighted by atomic mass is 10.0. The Hall–Kier alpha value is -2.60. The number of carbonyl (C=O) groups excluding carboxylic acids is 2. The summed E-state index contributed by atoms with van der Waals surface area (Å²) in [6, 6.07) is 5.44. The SMILES string of the molecule is C=CCO[C@@H](C)C(=O)N1CCc2[nH]c3ccc(C(=O)OC)cc3c2C1. The number of nitrogens with zero attached hydrogens (tertiary/aromatic N) is 1. The van der Waals surface area contributed by atoms with Gasteiger partial charge in [-0.05, 0) is 25.1 Å². The average molecular weight is 342 g/mol. The fraction of sp³-hybridized carbons (Fsp3) is 0.368. The molecule has 6 nitrogen and oxygen atoms in total. The Balaban J connectivity index is 1.87. The van der Waals surface area contributed by atoms with Crippen LogP contribution in [0.3, 0.4) is 0 Å². The van der Waals surface area contributed by atoms with Crippen LogP contribution in [0.4, 0.5) is 0 Å². The number of hydrogen-bond acceptors (Lipinski definition) is 4. The van der Waals surface area contributed by atoms with E-state index in [1.54, 1.807) is 24.0 Å². The molecule has 0 saturated heterocycles. The van der Waals surface area contributed by atoms with Crippen molar-refractivity contribution in [2.45, 2.75) is 26.0 Å². The molecule has 6 heteroatoms. The first-order valence-corrected chi connectivity index (χ1v) is 8.28. The smallest absolute Gasteiger partial charge is 0.337 e. The Morgan fingerprint density at radius 2 is 2.24 bits per heavy atom. The second kappa shape index (κ2) is 7.11. The standard InChI is InChI=1S/C19H22N2O4/c1-4-9-25-12(2)18(22)21-8-7-17-15(11-21)14-10-13(19(23)24-3)5-6-16(14)20-17/h4-6,10,12,20H,1,7-9,11H2,2-3H3/t12-/m0/s1. The lowest BCUT2D eigenvalue weighted by Crippen LogP contribution is -2.42. The molecule has 0 fully saturated rings. The zero-order valence-corrected chi connectivity index (χ0v) is 14.5. The maximum Gasteiger partial charge on any atom is 0.337 e. The van der Waals surface area contributed by atoms with E-state index in [2.05, 4.69) is 11.6 Å². The fourth-order valence-corrected chi connectivity index (χ4v) is 3.19. The van der Waals surface area contributed by atoms with Crippen LogP contribution in [0.5, 0.6) is 0 Å². The molecule has 1 aromatic carbocycles. The third-order valence-electron chi connectivity index (χ3n) is 4.52. The highest BCUT2D eigenvalue weighted by atomic mass is 16.5. The normalized spacial score (nSPS) is 14.9. The second-order valence-corrected chi connectivity index (χ2v) is 6.11. The average Bonchev–Trinajstić information content (AvgIpc) is 3.01. The van der Waals surface area contributed by atoms with Crippen molar-refractivity contribution in [3.63, 3.8) is 0 Å². The highest BCUT2D eigenvalue weighted by Gasteiger charge is 2.27. The minimum atomic E-state index is -0.504. The number of esters is 1. The molecule has 3 rings (SSSR count). The minimum Gasteiger partial charge on any atom is -0.465 e. The molecular weight excluding hydrogens is 320 g/mol. The number of rotatable bonds is 5. The summed E-state index contributed by atoms with van der Waals surface area (Å²) in [4.78, 5) is 29.6. The highest BCUT2D eigenvalue weighted by Crippen LogP contribution is 2.29. The minimum absolute atomic E-state index is 0.0361. The zero-order valence-electron chi connectivity index (χ0n) is 14.5. The van der Waals surface area contributed by atoms with Gasteiger partial charge in [-0.3, -0.25) is 4.79 Å². The van der Waals surface area contributed by atoms with E-state index in [1.807, 2.05) is 12.1 Å². The molecule has 2 heterocycles. The largest absolute Gasteiger partial charge is 0.465 e. The Labute approximate surface area is 146 Å². The van der Waals surface area contributed by atoms with Crippen LogP contribution < -0.4 is 0 Å². The van der Waals surface area contributed by atoms with E-state index in [0.717, 1.165) is 28.6 Å². The van der Waals surface area contributed by atoms with Crippen LogP contribution in [0.2, 0.25) is 0 Å². The van der Waals surface area contributed by atoms with Gasteiger partial charge in [-0.1, -0.05) is 6.08 Å². The van der Waals surface area contributed by atoms with E-state index < -0.39 is 6.10 Å². The molecule has 1 atom stereocenters. The van der Waals surface area contributed by atoms with Crippen molar-refractivity contribution in [1.82, 2.24) is 9.88 Å². The number of methoxy groups -OCH3 is 1. The molecule has 1 N–H and O–H groups in total. The number of carbonyl (C=O) groups is 2. The van der Waals surface area contributed by atoms with Crippen LogP contribution in [0.25, 0.3) is 10.9 Å². The highest BCUT2D eigenvalue weighted by molar-refractivity contribution is 5.96. The number of amides is 1. The molecule has 0 aliphatic carbocycles. The van der Waals surface area contributed by atoms with Gasteiger partial charge >= 0.3 is 5.97 Å². The van der Waals surface area contributed by atoms with Gasteiger partial charge in [0.2, 0.25) is 0 Å². The molecule has 1 aromatic heterocycles. The van der Waals surface area contributed by atoms with E-state index in [4.69, 9.17) is 9.47 Å². The van der Waals surface area contributed by atoms with Gasteiger partial charge in [0.05, 0.1) is 19.3 Å². The number of aromatic nitrogens is 1. The molecule has 1 aliphatic heterocycles. The predicted molar refractivity (Wildman–Crippen MR) is 94.4 cm³/mol. The van der Waals surface area contributed by atoms with Gasteiger partial charge in [0.1, 0.15) is 6.10 Å². The Kier molecular flexibility index (Phi) is 4.90. The summed E-state index contributed by atoms with van der Waals surface area (Å²) in [6.45, 7) is 6.85. The monoisotopic (exact) mass is 342 g/mol. The summed E-state index contributed by atoms with van der Waals surface area (Å²) < 4.78 is 10.2. The van der Waals surface area contributed by atoms with E-state index in [0.29, 0.717) is 25.3 Å². The predicted octanol–water partition coefficient (Wildman–Crippen LogP) is 2.43. The van der Waals surface area contributed by atoms with Crippen molar-refractivity contribution < 1.29 is 19.1 Å². The van der Waals surface area contributed by atoms with Crippen molar-refractivity contribution in [2.75, 3.05) is 20.3 Å². The van der Waals surface area contributed by atoms with Crippen LogP contribution in [-0.2, 0) is 27.2 Å². The van der Waals surface area contributed by atoms with Gasteiger partial charge in [-0.15, -0.1) is 6.58 Å². The first kappa shape index (κ1) is 17.2. The topological polar surface area (TPSA) is 71.6 Å². The molecule has 1 aliphatic rings. The first-order chi connectivity index (χ1) is 12.0. The van der Waals surface area contributed by atoms with Crippen molar-refractivity contribution in [1.29, 1.82) is 0 Å². The van der Waals surface area contributed by atoms with E-state index in [9.17, 15) is 9.59 Å². The molecule has 0 spiro atoms. The number of H-pyrrole nitrogens is 1. The van der Waals surface area contributed by atoms with Crippen molar-refractivity contribution in [3.8, 4) is 0 Å². The summed E-state index contributed by atoms with van der Waals surface area (Å²) in [7, 11) is 1.37. The molecular formula is C19H22N2O4. The number of hydrogen-bond donors (Lipinski definition) is 1. The quantitative estimate of drug-likeness (QED) is 0.669. The summed E-state index contributed by atoms with van der Waals surface area (Å²) >= 11 is 0. The summed E-state index contributed by atoms with van der Waals surface area (Å²) in [6.07, 6.45) is 1.87. The van der Waals surface area contributed by atoms with Gasteiger partial charge in [0.25, 0.3) is 5.91 Å². The van der Waals surface area contributed by atoms with Crippen LogP contribution in [0, 0.1) is 0 Å². The fourth-order valence-electron chi connectivity index (χ4n) is 3.19. The van der Waals surface area contributed by atoms with Gasteiger partial charge in [0, 0.05) is 41.7 Å². The van der Waals surface area contributed by atoms with Crippen molar-refractivity contribution in [2.24, 2.45) is 0 Å². The molecule has 2 aromatic rings. The molecule has 0 bridgehead atoms. The third-order valence-corrected chi connectivity index (χ3v) is 4.52. The maximum atomic E-state index is 12.6. The molecule has 0 radical (unpaired) electrons.